The molecule has 1 aliphatic heterocycles. The van der Waals surface area contributed by atoms with Crippen molar-refractivity contribution in [3.05, 3.63) is 93.8 Å². The van der Waals surface area contributed by atoms with Crippen molar-refractivity contribution in [2.75, 3.05) is 13.2 Å². The lowest BCUT2D eigenvalue weighted by molar-refractivity contribution is -0.136. The first-order valence-electron chi connectivity index (χ1n) is 11.9. The molecule has 0 saturated heterocycles. The van der Waals surface area contributed by atoms with Crippen LogP contribution in [0.5, 0.6) is 23.0 Å². The Bertz CT molecular complexity index is 1380. The third kappa shape index (κ3) is 5.99. The number of nitriles is 1. The van der Waals surface area contributed by atoms with E-state index in [-0.39, 0.29) is 23.8 Å². The molecule has 0 amide bonds. The normalized spacial score (nSPS) is 14.3. The molecule has 1 atom stereocenters. The number of esters is 1. The van der Waals surface area contributed by atoms with E-state index in [1.165, 1.54) is 0 Å². The van der Waals surface area contributed by atoms with Crippen LogP contribution in [0.3, 0.4) is 0 Å². The maximum absolute atomic E-state index is 12.4. The molecule has 1 aliphatic rings. The summed E-state index contributed by atoms with van der Waals surface area (Å²) in [5.41, 5.74) is 8.76. The van der Waals surface area contributed by atoms with Crippen molar-refractivity contribution in [2.24, 2.45) is 5.73 Å². The summed E-state index contributed by atoms with van der Waals surface area (Å²) in [6.07, 6.45) is 1.92. The highest BCUT2D eigenvalue weighted by atomic mass is 35.5. The number of carbonyl (C=O) groups is 1. The zero-order valence-electron chi connectivity index (χ0n) is 20.6. The number of nitrogens with two attached hydrogens (primary N) is 1. The summed E-state index contributed by atoms with van der Waals surface area (Å²) in [5, 5.41) is 10.5. The molecule has 0 saturated carbocycles. The largest absolute Gasteiger partial charge is 0.493 e. The predicted octanol–water partition coefficient (Wildman–Crippen LogP) is 6.03. The number of unbranched alkanes of at least 4 members (excludes halogenated alkanes) is 1. The number of carbonyl (C=O) groups excluding carboxylic acids is 1. The monoisotopic (exact) mass is 518 g/mol. The average molecular weight is 519 g/mol. The van der Waals surface area contributed by atoms with Crippen LogP contribution in [-0.2, 0) is 4.79 Å². The lowest BCUT2D eigenvalue weighted by Crippen LogP contribution is -2.22. The van der Waals surface area contributed by atoms with Crippen LogP contribution in [-0.4, -0.2) is 19.2 Å². The minimum absolute atomic E-state index is 0.00613. The van der Waals surface area contributed by atoms with E-state index in [9.17, 15) is 10.1 Å². The van der Waals surface area contributed by atoms with Gasteiger partial charge >= 0.3 is 5.97 Å². The van der Waals surface area contributed by atoms with E-state index in [0.29, 0.717) is 34.4 Å². The van der Waals surface area contributed by atoms with E-state index in [1.807, 2.05) is 31.2 Å². The molecule has 0 radical (unpaired) electrons. The summed E-state index contributed by atoms with van der Waals surface area (Å²) >= 11 is 5.96. The highest BCUT2D eigenvalue weighted by Gasteiger charge is 2.33. The maximum Gasteiger partial charge on any atom is 0.349 e. The Morgan fingerprint density at radius 1 is 1.08 bits per heavy atom. The summed E-state index contributed by atoms with van der Waals surface area (Å²) in [6.45, 7) is 4.21. The molecule has 0 bridgehead atoms. The van der Waals surface area contributed by atoms with Gasteiger partial charge in [0.2, 0.25) is 5.88 Å². The molecule has 2 N–H and O–H groups in total. The van der Waals surface area contributed by atoms with Gasteiger partial charge in [-0.15, -0.1) is 0 Å². The number of aryl methyl sites for hydroxylation is 1. The number of allylic oxidation sites excluding steroid dienone is 1. The number of para-hydroxylation sites is 1. The van der Waals surface area contributed by atoms with E-state index in [2.05, 4.69) is 13.0 Å². The number of hydrogen-bond donors (Lipinski definition) is 1. The number of rotatable bonds is 9. The van der Waals surface area contributed by atoms with Crippen LogP contribution >= 0.6 is 11.6 Å². The fourth-order valence-electron chi connectivity index (χ4n) is 4.07. The Morgan fingerprint density at radius 2 is 1.89 bits per heavy atom. The van der Waals surface area contributed by atoms with Gasteiger partial charge in [-0.3, -0.25) is 0 Å². The van der Waals surface area contributed by atoms with Crippen LogP contribution in [0.2, 0.25) is 5.02 Å². The molecule has 4 rings (SSSR count). The SMILES string of the molecule is CCCCOc1ccccc1C1C(C#N)=C(N)Oc2cc(OC(=O)COc3ccc(Cl)cc3C)ccc21. The van der Waals surface area contributed by atoms with Crippen molar-refractivity contribution >= 4 is 17.6 Å². The first-order valence-corrected chi connectivity index (χ1v) is 12.3. The van der Waals surface area contributed by atoms with Crippen LogP contribution in [0.1, 0.15) is 42.4 Å². The van der Waals surface area contributed by atoms with Crippen LogP contribution in [0, 0.1) is 18.3 Å². The number of benzene rings is 3. The van der Waals surface area contributed by atoms with Gasteiger partial charge < -0.3 is 24.7 Å². The van der Waals surface area contributed by atoms with Crippen molar-refractivity contribution in [1.82, 2.24) is 0 Å². The maximum atomic E-state index is 12.4. The van der Waals surface area contributed by atoms with Crippen molar-refractivity contribution < 1.29 is 23.7 Å². The van der Waals surface area contributed by atoms with Gasteiger partial charge in [0.05, 0.1) is 12.5 Å². The zero-order valence-corrected chi connectivity index (χ0v) is 21.4. The summed E-state index contributed by atoms with van der Waals surface area (Å²) in [4.78, 5) is 12.4. The fourth-order valence-corrected chi connectivity index (χ4v) is 4.29. The predicted molar refractivity (Wildman–Crippen MR) is 140 cm³/mol. The number of ether oxygens (including phenoxy) is 4. The standard InChI is InChI=1S/C29H27ClN2O5/c1-3-4-13-34-25-8-6-5-7-21(25)28-22-11-10-20(15-26(22)37-29(32)23(28)16-31)36-27(33)17-35-24-12-9-19(30)14-18(24)2/h5-12,14-15,28H,3-4,13,17,32H2,1-2H3. The summed E-state index contributed by atoms with van der Waals surface area (Å²) < 4.78 is 22.8. The molecule has 3 aromatic rings. The van der Waals surface area contributed by atoms with Crippen LogP contribution in [0.4, 0.5) is 0 Å². The molecule has 1 heterocycles. The van der Waals surface area contributed by atoms with Crippen LogP contribution in [0.25, 0.3) is 0 Å². The summed E-state index contributed by atoms with van der Waals surface area (Å²) in [6, 6.07) is 19.9. The minimum Gasteiger partial charge on any atom is -0.493 e. The molecule has 0 aromatic heterocycles. The third-order valence-corrected chi connectivity index (χ3v) is 6.13. The van der Waals surface area contributed by atoms with Gasteiger partial charge in [0.25, 0.3) is 0 Å². The fraction of sp³-hybridized carbons (Fsp3) is 0.241. The van der Waals surface area contributed by atoms with Gasteiger partial charge in [0.1, 0.15) is 34.6 Å². The molecule has 0 aliphatic carbocycles. The summed E-state index contributed by atoms with van der Waals surface area (Å²) in [5.74, 6) is 0.793. The molecule has 8 heteroatoms. The Hall–Kier alpha value is -4.15. The molecular weight excluding hydrogens is 492 g/mol. The van der Waals surface area contributed by atoms with E-state index >= 15 is 0 Å². The minimum atomic E-state index is -0.586. The lowest BCUT2D eigenvalue weighted by Gasteiger charge is -2.28. The van der Waals surface area contributed by atoms with Gasteiger partial charge in [0, 0.05) is 22.2 Å². The number of nitrogens with zero attached hydrogens (tertiary/aromatic N) is 1. The molecule has 3 aromatic carbocycles. The van der Waals surface area contributed by atoms with Gasteiger partial charge in [-0.05, 0) is 49.2 Å². The molecule has 37 heavy (non-hydrogen) atoms. The number of hydrogen-bond acceptors (Lipinski definition) is 7. The zero-order chi connectivity index (χ0) is 26.4. The van der Waals surface area contributed by atoms with Crippen LogP contribution in [0.15, 0.2) is 72.1 Å². The Kier molecular flexibility index (Phi) is 8.22. The van der Waals surface area contributed by atoms with E-state index in [4.69, 9.17) is 36.3 Å². The van der Waals surface area contributed by atoms with Crippen molar-refractivity contribution in [3.63, 3.8) is 0 Å². The highest BCUT2D eigenvalue weighted by Crippen LogP contribution is 2.45. The topological polar surface area (TPSA) is 104 Å². The Labute approximate surface area is 221 Å². The lowest BCUT2D eigenvalue weighted by atomic mass is 9.83. The second kappa shape index (κ2) is 11.7. The van der Waals surface area contributed by atoms with Crippen LogP contribution < -0.4 is 24.7 Å². The molecule has 0 spiro atoms. The van der Waals surface area contributed by atoms with Crippen molar-refractivity contribution in [1.29, 1.82) is 5.26 Å². The van der Waals surface area contributed by atoms with E-state index in [0.717, 1.165) is 24.0 Å². The van der Waals surface area contributed by atoms with Crippen molar-refractivity contribution in [2.45, 2.75) is 32.6 Å². The number of fused-ring (bicyclic) bond motifs is 1. The first kappa shape index (κ1) is 25.9. The van der Waals surface area contributed by atoms with E-state index < -0.39 is 11.9 Å². The third-order valence-electron chi connectivity index (χ3n) is 5.89. The Balaban J connectivity index is 1.56. The smallest absolute Gasteiger partial charge is 0.349 e. The molecule has 7 nitrogen and oxygen atoms in total. The van der Waals surface area contributed by atoms with Gasteiger partial charge in [0.15, 0.2) is 6.61 Å². The highest BCUT2D eigenvalue weighted by molar-refractivity contribution is 6.30. The van der Waals surface area contributed by atoms with Gasteiger partial charge in [-0.2, -0.15) is 5.26 Å². The van der Waals surface area contributed by atoms with Gasteiger partial charge in [-0.1, -0.05) is 49.2 Å². The summed E-state index contributed by atoms with van der Waals surface area (Å²) in [7, 11) is 0. The van der Waals surface area contributed by atoms with Crippen molar-refractivity contribution in [3.8, 4) is 29.1 Å². The number of halogens is 1. The molecular formula is C29H27ClN2O5. The molecule has 1 unspecified atom stereocenters. The quantitative estimate of drug-likeness (QED) is 0.209. The molecule has 0 fully saturated rings. The second-order valence-electron chi connectivity index (χ2n) is 8.54. The average Bonchev–Trinajstić information content (AvgIpc) is 2.88. The van der Waals surface area contributed by atoms with E-state index in [1.54, 1.807) is 36.4 Å². The Morgan fingerprint density at radius 3 is 2.65 bits per heavy atom. The van der Waals surface area contributed by atoms with Gasteiger partial charge in [-0.25, -0.2) is 4.79 Å². The molecule has 190 valence electrons. The second-order valence-corrected chi connectivity index (χ2v) is 8.97. The first-order chi connectivity index (χ1) is 17.9.